The van der Waals surface area contributed by atoms with Crippen LogP contribution in [0.4, 0.5) is 28.4 Å². The van der Waals surface area contributed by atoms with Gasteiger partial charge in [-0.3, -0.25) is 0 Å². The molecule has 0 atom stereocenters. The fourth-order valence-electron chi connectivity index (χ4n) is 14.7. The second-order valence-corrected chi connectivity index (χ2v) is 24.6. The van der Waals surface area contributed by atoms with Crippen LogP contribution in [0.2, 0.25) is 0 Å². The summed E-state index contributed by atoms with van der Waals surface area (Å²) in [6, 6.07) is 23.8. The minimum atomic E-state index is 0.333. The molecule has 0 saturated heterocycles. The third-order valence-electron chi connectivity index (χ3n) is 18.1. The molecule has 10 aliphatic heterocycles. The summed E-state index contributed by atoms with van der Waals surface area (Å²) in [5, 5.41) is 0. The highest BCUT2D eigenvalue weighted by molar-refractivity contribution is 5.71. The summed E-state index contributed by atoms with van der Waals surface area (Å²) < 4.78 is 0. The van der Waals surface area contributed by atoms with Crippen molar-refractivity contribution in [1.29, 1.82) is 0 Å². The first-order valence-electron chi connectivity index (χ1n) is 33.1. The molecule has 10 aliphatic rings. The first kappa shape index (κ1) is 64.3. The largest absolute Gasteiger partial charge is 0.371 e. The number of hydrogen-bond donors (Lipinski definition) is 0. The predicted molar refractivity (Wildman–Crippen MR) is 357 cm³/mol. The Morgan fingerprint density at radius 3 is 0.700 bits per heavy atom. The van der Waals surface area contributed by atoms with E-state index in [0.29, 0.717) is 10.8 Å². The van der Waals surface area contributed by atoms with Gasteiger partial charge in [-0.2, -0.15) is 0 Å². The van der Waals surface area contributed by atoms with E-state index in [9.17, 15) is 0 Å². The molecule has 0 bridgehead atoms. The van der Waals surface area contributed by atoms with E-state index in [4.69, 9.17) is 0 Å². The van der Waals surface area contributed by atoms with Gasteiger partial charge < -0.3 is 24.5 Å². The third-order valence-corrected chi connectivity index (χ3v) is 18.1. The molecule has 0 spiro atoms. The van der Waals surface area contributed by atoms with Gasteiger partial charge in [0.05, 0.1) is 0 Å². The molecule has 5 nitrogen and oxygen atoms in total. The van der Waals surface area contributed by atoms with E-state index in [1.165, 1.54) is 183 Å². The van der Waals surface area contributed by atoms with Gasteiger partial charge in [0.2, 0.25) is 0 Å². The van der Waals surface area contributed by atoms with Gasteiger partial charge in [-0.1, -0.05) is 185 Å². The maximum Gasteiger partial charge on any atom is 0.0442 e. The summed E-state index contributed by atoms with van der Waals surface area (Å²) in [4.78, 5) is 12.9. The van der Waals surface area contributed by atoms with E-state index in [-0.39, 0.29) is 0 Å². The molecule has 0 radical (unpaired) electrons. The van der Waals surface area contributed by atoms with Gasteiger partial charge in [-0.15, -0.1) is 0 Å². The van der Waals surface area contributed by atoms with Crippen LogP contribution in [0.25, 0.3) is 0 Å². The summed E-state index contributed by atoms with van der Waals surface area (Å²) in [7, 11) is 0. The van der Waals surface area contributed by atoms with Crippen LogP contribution < -0.4 is 24.5 Å². The van der Waals surface area contributed by atoms with E-state index in [0.717, 1.165) is 0 Å². The Labute approximate surface area is 492 Å². The van der Waals surface area contributed by atoms with Crippen molar-refractivity contribution in [2.75, 3.05) is 89.9 Å². The maximum atomic E-state index is 2.63. The lowest BCUT2D eigenvalue weighted by Crippen LogP contribution is -2.44. The van der Waals surface area contributed by atoms with Gasteiger partial charge in [0.15, 0.2) is 0 Å². The van der Waals surface area contributed by atoms with Gasteiger partial charge in [-0.05, 0) is 191 Å². The van der Waals surface area contributed by atoms with Crippen LogP contribution in [0.5, 0.6) is 0 Å². The minimum Gasteiger partial charge on any atom is -0.371 e. The van der Waals surface area contributed by atoms with Crippen molar-refractivity contribution in [3.05, 3.63) is 144 Å². The quantitative estimate of drug-likeness (QED) is 0.153. The molecule has 80 heavy (non-hydrogen) atoms. The molecule has 0 aliphatic carbocycles. The Kier molecular flexibility index (Phi) is 23.6. The summed E-state index contributed by atoms with van der Waals surface area (Å²) in [5.41, 5.74) is 31.7. The van der Waals surface area contributed by atoms with Crippen molar-refractivity contribution in [2.24, 2.45) is 0 Å². The number of nitrogens with zero attached hydrogens (tertiary/aromatic N) is 5. The van der Waals surface area contributed by atoms with Gasteiger partial charge >= 0.3 is 0 Å². The van der Waals surface area contributed by atoms with Crippen molar-refractivity contribution in [1.82, 2.24) is 0 Å². The average molecular weight is 1090 g/mol. The second-order valence-electron chi connectivity index (χ2n) is 24.6. The van der Waals surface area contributed by atoms with E-state index < -0.39 is 0 Å². The number of rotatable bonds is 0. The van der Waals surface area contributed by atoms with Gasteiger partial charge in [-0.25, -0.2) is 0 Å². The van der Waals surface area contributed by atoms with Crippen LogP contribution in [-0.4, -0.2) is 65.4 Å². The monoisotopic (exact) mass is 1090 g/mol. The summed E-state index contributed by atoms with van der Waals surface area (Å²) in [5.74, 6) is 0. The lowest BCUT2D eigenvalue weighted by Gasteiger charge is -2.48. The fourth-order valence-corrected chi connectivity index (χ4v) is 14.7. The highest BCUT2D eigenvalue weighted by atomic mass is 15.2. The molecule has 0 amide bonds. The molecule has 15 rings (SSSR count). The molecular formula is C75H115N5. The summed E-state index contributed by atoms with van der Waals surface area (Å²) >= 11 is 0. The Morgan fingerprint density at radius 2 is 0.450 bits per heavy atom. The molecule has 440 valence electrons. The van der Waals surface area contributed by atoms with Gasteiger partial charge in [0.1, 0.15) is 0 Å². The number of hydrogen-bond acceptors (Lipinski definition) is 5. The van der Waals surface area contributed by atoms with E-state index in [2.05, 4.69) is 147 Å². The number of aryl methyl sites for hydroxylation is 9. The van der Waals surface area contributed by atoms with Crippen LogP contribution in [0, 0.1) is 34.6 Å². The van der Waals surface area contributed by atoms with E-state index in [1.54, 1.807) is 84.1 Å². The highest BCUT2D eigenvalue weighted by Crippen LogP contribution is 2.49. The molecule has 10 heterocycles. The van der Waals surface area contributed by atoms with Gasteiger partial charge in [0.25, 0.3) is 0 Å². The molecule has 5 aromatic rings. The maximum absolute atomic E-state index is 2.63. The van der Waals surface area contributed by atoms with Crippen molar-refractivity contribution in [2.45, 2.75) is 232 Å². The standard InChI is InChI=1S/C17H25N.2C13H17N.2C11H13N.5C2H6/c1-12-10-13-15-14(11-12)17(4,5)7-9-18(15)8-6-16(13,2)3;2*1-10-8-11-4-2-6-14-7-3-5-12(9-10)13(11)14;2*1-8-6-9-2-4-12-5-3-10(7-8)11(9)12;5*1-2/h10-11H,6-9H2,1-5H3;2*8-9H,2-7H2,1H3;2*6-7H,2-5H2,1H3;5*1-2H3. The normalized spacial score (nSPS) is 18.1. The average Bonchev–Trinajstić information content (AvgIpc) is 4.29. The molecule has 0 unspecified atom stereocenters. The van der Waals surface area contributed by atoms with Crippen molar-refractivity contribution in [3.8, 4) is 0 Å². The predicted octanol–water partition coefficient (Wildman–Crippen LogP) is 18.5. The highest BCUT2D eigenvalue weighted by Gasteiger charge is 2.40. The Morgan fingerprint density at radius 1 is 0.250 bits per heavy atom. The van der Waals surface area contributed by atoms with Crippen LogP contribution in [0.3, 0.4) is 0 Å². The zero-order valence-electron chi connectivity index (χ0n) is 55.0. The zero-order valence-corrected chi connectivity index (χ0v) is 55.0. The van der Waals surface area contributed by atoms with Crippen molar-refractivity contribution in [3.63, 3.8) is 0 Å². The molecule has 5 heteroatoms. The topological polar surface area (TPSA) is 16.2 Å². The van der Waals surface area contributed by atoms with Crippen molar-refractivity contribution >= 4 is 28.4 Å². The van der Waals surface area contributed by atoms with Crippen molar-refractivity contribution < 1.29 is 0 Å². The Hall–Kier alpha value is -4.90. The molecule has 5 aromatic carbocycles. The third kappa shape index (κ3) is 14.3. The minimum absolute atomic E-state index is 0.333. The Bertz CT molecular complexity index is 2490. The fraction of sp³-hybridized carbons (Fsp3) is 0.600. The molecule has 0 fully saturated rings. The summed E-state index contributed by atoms with van der Waals surface area (Å²) in [6.07, 6.45) is 18.2. The summed E-state index contributed by atoms with van der Waals surface area (Å²) in [6.45, 7) is 53.3. The lowest BCUT2D eigenvalue weighted by molar-refractivity contribution is 0.401. The van der Waals surface area contributed by atoms with Crippen LogP contribution in [0.15, 0.2) is 60.7 Å². The SMILES string of the molecule is CC.CC.CC.CC.CC.Cc1cc2c3c(c1)C(C)(C)CCN3CCC2(C)C.Cc1cc2c3c(c1)CCCN3CCC2.Cc1cc2c3c(c1)CCCN3CCC2.Cc1cc2c3c(c1)CCN3CC2.Cc1cc2c3c(c1)CCN3CC2. The van der Waals surface area contributed by atoms with Crippen LogP contribution in [-0.2, 0) is 62.2 Å². The molecule has 0 N–H and O–H groups in total. The number of anilines is 5. The van der Waals surface area contributed by atoms with E-state index in [1.807, 2.05) is 69.2 Å². The Balaban J connectivity index is 0.000000156. The first-order chi connectivity index (χ1) is 38.7. The lowest BCUT2D eigenvalue weighted by atomic mass is 9.69. The second kappa shape index (κ2) is 29.4. The zero-order chi connectivity index (χ0) is 58.5. The van der Waals surface area contributed by atoms with Crippen LogP contribution >= 0.6 is 0 Å². The van der Waals surface area contributed by atoms with Crippen LogP contribution in [0.1, 0.15) is 219 Å². The molecule has 0 saturated carbocycles. The molecule has 0 aromatic heterocycles. The molecular weight excluding hydrogens is 971 g/mol. The first-order valence-corrected chi connectivity index (χ1v) is 33.1. The smallest absolute Gasteiger partial charge is 0.0442 e. The number of benzene rings is 5. The van der Waals surface area contributed by atoms with Gasteiger partial charge in [0, 0.05) is 93.9 Å². The van der Waals surface area contributed by atoms with E-state index >= 15 is 0 Å².